The zero-order chi connectivity index (χ0) is 21.4. The van der Waals surface area contributed by atoms with Gasteiger partial charge in [-0.2, -0.15) is 5.10 Å². The van der Waals surface area contributed by atoms with Crippen molar-refractivity contribution in [3.8, 4) is 11.6 Å². The van der Waals surface area contributed by atoms with E-state index in [1.807, 2.05) is 6.07 Å². The number of benzene rings is 2. The number of fused-ring (bicyclic) bond motifs is 2. The molecule has 6 nitrogen and oxygen atoms in total. The van der Waals surface area contributed by atoms with Gasteiger partial charge in [-0.05, 0) is 36.1 Å². The molecule has 0 bridgehead atoms. The van der Waals surface area contributed by atoms with E-state index >= 15 is 0 Å². The smallest absolute Gasteiger partial charge is 0.272 e. The highest BCUT2D eigenvalue weighted by molar-refractivity contribution is 5.92. The summed E-state index contributed by atoms with van der Waals surface area (Å²) < 4.78 is 27.6. The van der Waals surface area contributed by atoms with Crippen molar-refractivity contribution in [2.45, 2.75) is 44.9 Å². The Labute approximate surface area is 180 Å². The number of amides is 1. The molecule has 31 heavy (non-hydrogen) atoms. The number of carbonyl (C=O) groups is 1. The number of aryl methyl sites for hydroxylation is 2. The van der Waals surface area contributed by atoms with E-state index in [1.165, 1.54) is 11.6 Å². The summed E-state index contributed by atoms with van der Waals surface area (Å²) in [4.78, 5) is 12.8. The highest BCUT2D eigenvalue weighted by Crippen LogP contribution is 2.32. The largest absolute Gasteiger partial charge is 0.491 e. The maximum atomic E-state index is 14.1. The van der Waals surface area contributed by atoms with Crippen LogP contribution in [0.1, 0.15) is 46.6 Å². The fourth-order valence-corrected chi connectivity index (χ4v) is 4.18. The van der Waals surface area contributed by atoms with Crippen LogP contribution in [0.2, 0.25) is 0 Å². The minimum absolute atomic E-state index is 0.127. The molecule has 2 aromatic carbocycles. The molecule has 160 valence electrons. The van der Waals surface area contributed by atoms with Gasteiger partial charge < -0.3 is 14.8 Å². The number of rotatable bonds is 4. The molecule has 5 rings (SSSR count). The average molecular weight is 421 g/mol. The van der Waals surface area contributed by atoms with Gasteiger partial charge in [0.05, 0.1) is 6.04 Å². The van der Waals surface area contributed by atoms with Crippen LogP contribution < -0.4 is 14.8 Å². The zero-order valence-electron chi connectivity index (χ0n) is 17.3. The number of carbonyl (C=O) groups excluding carboxylic acids is 1. The first-order valence-corrected chi connectivity index (χ1v) is 10.6. The molecule has 2 atom stereocenters. The van der Waals surface area contributed by atoms with E-state index in [4.69, 9.17) is 9.47 Å². The summed E-state index contributed by atoms with van der Waals surface area (Å²) in [5.41, 5.74) is 3.16. The van der Waals surface area contributed by atoms with Crippen molar-refractivity contribution < 1.29 is 18.7 Å². The van der Waals surface area contributed by atoms with Crippen molar-refractivity contribution in [1.82, 2.24) is 15.1 Å². The maximum absolute atomic E-state index is 14.1. The molecule has 0 aliphatic carbocycles. The summed E-state index contributed by atoms with van der Waals surface area (Å²) >= 11 is 0. The number of halogens is 1. The monoisotopic (exact) mass is 421 g/mol. The van der Waals surface area contributed by atoms with Gasteiger partial charge in [0.2, 0.25) is 5.88 Å². The first-order chi connectivity index (χ1) is 15.1. The van der Waals surface area contributed by atoms with Crippen molar-refractivity contribution in [3.63, 3.8) is 0 Å². The number of nitrogens with one attached hydrogen (secondary N) is 1. The Balaban J connectivity index is 1.27. The lowest BCUT2D eigenvalue weighted by Gasteiger charge is -2.26. The summed E-state index contributed by atoms with van der Waals surface area (Å²) in [5, 5.41) is 7.40. The van der Waals surface area contributed by atoms with Crippen LogP contribution >= 0.6 is 0 Å². The van der Waals surface area contributed by atoms with Crippen LogP contribution in [0, 0.1) is 5.82 Å². The number of aromatic nitrogens is 2. The average Bonchev–Trinajstić information content (AvgIpc) is 3.22. The van der Waals surface area contributed by atoms with Crippen molar-refractivity contribution in [2.75, 3.05) is 6.61 Å². The lowest BCUT2D eigenvalue weighted by atomic mass is 9.99. The maximum Gasteiger partial charge on any atom is 0.272 e. The van der Waals surface area contributed by atoms with Crippen molar-refractivity contribution in [1.29, 1.82) is 0 Å². The lowest BCUT2D eigenvalue weighted by molar-refractivity contribution is 0.0909. The van der Waals surface area contributed by atoms with E-state index < -0.39 is 6.10 Å². The van der Waals surface area contributed by atoms with E-state index in [-0.39, 0.29) is 23.5 Å². The molecule has 3 aromatic rings. The molecule has 0 radical (unpaired) electrons. The van der Waals surface area contributed by atoms with E-state index in [0.717, 1.165) is 17.7 Å². The highest BCUT2D eigenvalue weighted by Gasteiger charge is 2.28. The van der Waals surface area contributed by atoms with Crippen LogP contribution in [0.3, 0.4) is 0 Å². The predicted octanol–water partition coefficient (Wildman–Crippen LogP) is 3.84. The van der Waals surface area contributed by atoms with Crippen molar-refractivity contribution in [3.05, 3.63) is 76.7 Å². The van der Waals surface area contributed by atoms with Crippen LogP contribution in [0.5, 0.6) is 11.6 Å². The summed E-state index contributed by atoms with van der Waals surface area (Å²) in [6.45, 7) is 3.09. The van der Waals surface area contributed by atoms with Gasteiger partial charge in [0.25, 0.3) is 5.91 Å². The quantitative estimate of drug-likeness (QED) is 0.695. The van der Waals surface area contributed by atoms with Crippen LogP contribution in [-0.2, 0) is 19.4 Å². The van der Waals surface area contributed by atoms with E-state index in [2.05, 4.69) is 29.5 Å². The number of hydrogen-bond acceptors (Lipinski definition) is 4. The molecule has 1 amide bonds. The standard InChI is InChI=1S/C24H24FN3O3/c1-2-15-7-8-21-16(11-15)12-17(14-30-21)26-24(29)20-13-23-28(27-20)10-9-22(31-23)18-5-3-4-6-19(18)25/h3-8,11,13,17,22H,2,9-10,12,14H2,1H3,(H,26,29)/t17-,22?/m1/s1. The molecule has 2 aliphatic rings. The Morgan fingerprint density at radius 2 is 2.13 bits per heavy atom. The fourth-order valence-electron chi connectivity index (χ4n) is 4.18. The zero-order valence-corrected chi connectivity index (χ0v) is 17.3. The predicted molar refractivity (Wildman–Crippen MR) is 113 cm³/mol. The summed E-state index contributed by atoms with van der Waals surface area (Å²) in [6, 6.07) is 14.3. The van der Waals surface area contributed by atoms with Gasteiger partial charge in [0, 0.05) is 24.6 Å². The molecule has 3 heterocycles. The van der Waals surface area contributed by atoms with Gasteiger partial charge in [0.1, 0.15) is 24.3 Å². The lowest BCUT2D eigenvalue weighted by Crippen LogP contribution is -2.42. The molecule has 2 aliphatic heterocycles. The Hall–Kier alpha value is -3.35. The van der Waals surface area contributed by atoms with Gasteiger partial charge in [-0.15, -0.1) is 0 Å². The molecule has 1 aromatic heterocycles. The van der Waals surface area contributed by atoms with E-state index in [1.54, 1.807) is 28.9 Å². The minimum Gasteiger partial charge on any atom is -0.491 e. The number of hydrogen-bond donors (Lipinski definition) is 1. The van der Waals surface area contributed by atoms with E-state index in [9.17, 15) is 9.18 Å². The molecular formula is C24H24FN3O3. The first-order valence-electron chi connectivity index (χ1n) is 10.6. The highest BCUT2D eigenvalue weighted by atomic mass is 19.1. The van der Waals surface area contributed by atoms with Gasteiger partial charge in [0.15, 0.2) is 5.69 Å². The molecule has 0 fully saturated rings. The number of nitrogens with zero attached hydrogens (tertiary/aromatic N) is 2. The van der Waals surface area contributed by atoms with Crippen molar-refractivity contribution in [2.24, 2.45) is 0 Å². The topological polar surface area (TPSA) is 65.4 Å². The summed E-state index contributed by atoms with van der Waals surface area (Å²) in [5.74, 6) is 0.800. The third kappa shape index (κ3) is 3.87. The van der Waals surface area contributed by atoms with Crippen LogP contribution in [-0.4, -0.2) is 28.3 Å². The third-order valence-electron chi connectivity index (χ3n) is 5.87. The second-order valence-corrected chi connectivity index (χ2v) is 7.99. The summed E-state index contributed by atoms with van der Waals surface area (Å²) in [7, 11) is 0. The second-order valence-electron chi connectivity index (χ2n) is 7.99. The van der Waals surface area contributed by atoms with Crippen LogP contribution in [0.25, 0.3) is 0 Å². The Morgan fingerprint density at radius 1 is 1.26 bits per heavy atom. The van der Waals surface area contributed by atoms with Crippen molar-refractivity contribution >= 4 is 5.91 Å². The molecule has 0 spiro atoms. The summed E-state index contributed by atoms with van der Waals surface area (Å²) in [6.07, 6.45) is 1.87. The SMILES string of the molecule is CCc1ccc2c(c1)C[C@@H](NC(=O)c1cc3n(n1)CCC(c1ccccc1F)O3)CO2. The molecular weight excluding hydrogens is 397 g/mol. The van der Waals surface area contributed by atoms with Gasteiger partial charge >= 0.3 is 0 Å². The number of ether oxygens (including phenoxy) is 2. The second kappa shape index (κ2) is 8.06. The molecule has 1 unspecified atom stereocenters. The van der Waals surface area contributed by atoms with Crippen LogP contribution in [0.15, 0.2) is 48.5 Å². The Kier molecular flexibility index (Phi) is 5.10. The van der Waals surface area contributed by atoms with E-state index in [0.29, 0.717) is 37.4 Å². The normalized spacial score (nSPS) is 19.5. The van der Waals surface area contributed by atoms with Gasteiger partial charge in [-0.1, -0.05) is 37.3 Å². The molecule has 0 saturated carbocycles. The van der Waals surface area contributed by atoms with Crippen LogP contribution in [0.4, 0.5) is 4.39 Å². The minimum atomic E-state index is -0.391. The fraction of sp³-hybridized carbons (Fsp3) is 0.333. The third-order valence-corrected chi connectivity index (χ3v) is 5.87. The molecule has 0 saturated heterocycles. The van der Waals surface area contributed by atoms with Gasteiger partial charge in [-0.25, -0.2) is 9.07 Å². The molecule has 7 heteroatoms. The first kappa shape index (κ1) is 19.6. The Bertz CT molecular complexity index is 1130. The molecule has 1 N–H and O–H groups in total. The van der Waals surface area contributed by atoms with Gasteiger partial charge in [-0.3, -0.25) is 4.79 Å². The Morgan fingerprint density at radius 3 is 2.97 bits per heavy atom.